The lowest BCUT2D eigenvalue weighted by atomic mass is 10.1. The van der Waals surface area contributed by atoms with Crippen LogP contribution in [0.25, 0.3) is 0 Å². The quantitative estimate of drug-likeness (QED) is 0.495. The molecule has 0 bridgehead atoms. The van der Waals surface area contributed by atoms with E-state index in [1.165, 1.54) is 12.8 Å². The van der Waals surface area contributed by atoms with Gasteiger partial charge in [-0.3, -0.25) is 0 Å². The van der Waals surface area contributed by atoms with E-state index in [1.54, 1.807) is 0 Å². The second kappa shape index (κ2) is 6.65. The summed E-state index contributed by atoms with van der Waals surface area (Å²) in [7, 11) is -2.29. The van der Waals surface area contributed by atoms with Crippen LogP contribution in [0.3, 0.4) is 0 Å². The van der Waals surface area contributed by atoms with Gasteiger partial charge in [0.2, 0.25) is 0 Å². The van der Waals surface area contributed by atoms with Gasteiger partial charge in [-0.2, -0.15) is 0 Å². The van der Waals surface area contributed by atoms with Crippen LogP contribution in [0.5, 0.6) is 0 Å². The third-order valence-electron chi connectivity index (χ3n) is 1.69. The van der Waals surface area contributed by atoms with Crippen LogP contribution in [0.15, 0.2) is 0 Å². The molecule has 0 amide bonds. The molecule has 1 radical (unpaired) electrons. The average Bonchev–Trinajstić information content (AvgIpc) is 1.97. The van der Waals surface area contributed by atoms with Crippen molar-refractivity contribution in [3.8, 4) is 0 Å². The molecule has 1 atom stereocenters. The zero-order chi connectivity index (χ0) is 8.69. The molecule has 0 aliphatic carbocycles. The van der Waals surface area contributed by atoms with E-state index in [0.29, 0.717) is 0 Å². The van der Waals surface area contributed by atoms with Gasteiger partial charge in [0.1, 0.15) is 10.7 Å². The number of rotatable bonds is 6. The molecule has 0 aliphatic rings. The first-order chi connectivity index (χ1) is 5.18. The summed E-state index contributed by atoms with van der Waals surface area (Å²) < 4.78 is 20.7. The highest BCUT2D eigenvalue weighted by Crippen LogP contribution is 2.06. The molecule has 0 aromatic heterocycles. The van der Waals surface area contributed by atoms with Crippen LogP contribution < -0.4 is 0 Å². The molecule has 0 fully saturated rings. The van der Waals surface area contributed by atoms with Gasteiger partial charge in [-0.25, -0.2) is 8.42 Å². The highest BCUT2D eigenvalue weighted by atomic mass is 32.2. The second-order valence-corrected chi connectivity index (χ2v) is 4.09. The molecule has 0 aliphatic heterocycles. The molecular weight excluding hydrogens is 160 g/mol. The predicted molar refractivity (Wildman–Crippen MR) is 48.2 cm³/mol. The summed E-state index contributed by atoms with van der Waals surface area (Å²) in [6.07, 6.45) is 5.23. The summed E-state index contributed by atoms with van der Waals surface area (Å²) in [5.74, 6) is 0. The van der Waals surface area contributed by atoms with Crippen LogP contribution in [-0.4, -0.2) is 13.7 Å². The zero-order valence-electron chi connectivity index (χ0n) is 7.08. The Hall–Kier alpha value is -0.0500. The van der Waals surface area contributed by atoms with Crippen LogP contribution in [0.4, 0.5) is 0 Å². The standard InChI is InChI=1S/C8H17O2S/c1-3-4-5-6-7-8(2)11(9)10/h8,11H,2-7H2,1H3. The van der Waals surface area contributed by atoms with E-state index in [4.69, 9.17) is 0 Å². The van der Waals surface area contributed by atoms with Gasteiger partial charge < -0.3 is 0 Å². The molecule has 3 heteroatoms. The fraction of sp³-hybridized carbons (Fsp3) is 0.875. The second-order valence-electron chi connectivity index (χ2n) is 2.79. The normalized spacial score (nSPS) is 13.7. The summed E-state index contributed by atoms with van der Waals surface area (Å²) in [6.45, 7) is 5.67. The van der Waals surface area contributed by atoms with Crippen molar-refractivity contribution >= 4 is 10.7 Å². The third kappa shape index (κ3) is 6.35. The van der Waals surface area contributed by atoms with Crippen LogP contribution >= 0.6 is 0 Å². The molecule has 0 aromatic rings. The molecule has 0 heterocycles. The van der Waals surface area contributed by atoms with E-state index in [-0.39, 0.29) is 5.25 Å². The van der Waals surface area contributed by atoms with Crippen LogP contribution in [0, 0.1) is 6.92 Å². The molecule has 11 heavy (non-hydrogen) atoms. The van der Waals surface area contributed by atoms with Gasteiger partial charge in [-0.05, 0) is 13.3 Å². The molecule has 0 saturated carbocycles. The Balaban J connectivity index is 3.24. The van der Waals surface area contributed by atoms with Gasteiger partial charge in [-0.1, -0.05) is 32.6 Å². The maximum absolute atomic E-state index is 10.3. The van der Waals surface area contributed by atoms with Crippen molar-refractivity contribution in [2.75, 3.05) is 0 Å². The smallest absolute Gasteiger partial charge is 0.143 e. The fourth-order valence-electron chi connectivity index (χ4n) is 0.912. The Morgan fingerprint density at radius 3 is 2.36 bits per heavy atom. The first-order valence-corrected chi connectivity index (χ1v) is 5.39. The van der Waals surface area contributed by atoms with Gasteiger partial charge in [0.05, 0.1) is 5.25 Å². The Morgan fingerprint density at radius 1 is 1.27 bits per heavy atom. The van der Waals surface area contributed by atoms with Gasteiger partial charge in [-0.15, -0.1) is 0 Å². The van der Waals surface area contributed by atoms with E-state index in [1.807, 2.05) is 0 Å². The van der Waals surface area contributed by atoms with Crippen molar-refractivity contribution in [2.24, 2.45) is 0 Å². The molecule has 1 unspecified atom stereocenters. The molecule has 0 N–H and O–H groups in total. The molecule has 2 nitrogen and oxygen atoms in total. The number of hydrogen-bond donors (Lipinski definition) is 1. The maximum Gasteiger partial charge on any atom is 0.143 e. The van der Waals surface area contributed by atoms with Crippen molar-refractivity contribution in [1.29, 1.82) is 0 Å². The van der Waals surface area contributed by atoms with E-state index in [0.717, 1.165) is 19.3 Å². The summed E-state index contributed by atoms with van der Waals surface area (Å²) in [5, 5.41) is -0.373. The lowest BCUT2D eigenvalue weighted by Crippen LogP contribution is -2.03. The van der Waals surface area contributed by atoms with Crippen LogP contribution in [-0.2, 0) is 10.7 Å². The summed E-state index contributed by atoms with van der Waals surface area (Å²) in [5.41, 5.74) is 0. The number of thiol groups is 1. The minimum atomic E-state index is -2.29. The molecule has 0 spiro atoms. The van der Waals surface area contributed by atoms with Gasteiger partial charge in [0.15, 0.2) is 0 Å². The molecule has 67 valence electrons. The number of unbranched alkanes of at least 4 members (excludes halogenated alkanes) is 3. The monoisotopic (exact) mass is 177 g/mol. The van der Waals surface area contributed by atoms with E-state index in [9.17, 15) is 8.42 Å². The van der Waals surface area contributed by atoms with Gasteiger partial charge in [0.25, 0.3) is 0 Å². The largest absolute Gasteiger partial charge is 0.232 e. The first-order valence-electron chi connectivity index (χ1n) is 4.15. The minimum absolute atomic E-state index is 0.373. The minimum Gasteiger partial charge on any atom is -0.232 e. The van der Waals surface area contributed by atoms with E-state index < -0.39 is 10.7 Å². The topological polar surface area (TPSA) is 34.1 Å². The Kier molecular flexibility index (Phi) is 6.62. The molecule has 0 aromatic carbocycles. The summed E-state index contributed by atoms with van der Waals surface area (Å²) in [6, 6.07) is 0. The lowest BCUT2D eigenvalue weighted by Gasteiger charge is -2.01. The average molecular weight is 177 g/mol. The van der Waals surface area contributed by atoms with E-state index >= 15 is 0 Å². The van der Waals surface area contributed by atoms with E-state index in [2.05, 4.69) is 13.8 Å². The van der Waals surface area contributed by atoms with Crippen molar-refractivity contribution < 1.29 is 8.42 Å². The van der Waals surface area contributed by atoms with Gasteiger partial charge in [0, 0.05) is 0 Å². The predicted octanol–water partition coefficient (Wildman–Crippen LogP) is 1.77. The van der Waals surface area contributed by atoms with Crippen LogP contribution in [0.1, 0.15) is 39.0 Å². The van der Waals surface area contributed by atoms with Crippen molar-refractivity contribution in [1.82, 2.24) is 0 Å². The Labute approximate surface area is 71.0 Å². The molecule has 0 saturated heterocycles. The summed E-state index contributed by atoms with van der Waals surface area (Å²) >= 11 is 0. The van der Waals surface area contributed by atoms with Gasteiger partial charge >= 0.3 is 0 Å². The highest BCUT2D eigenvalue weighted by Gasteiger charge is 2.02. The SMILES string of the molecule is [CH2]C(CCCCCC)[SH](=O)=O. The maximum atomic E-state index is 10.3. The van der Waals surface area contributed by atoms with Crippen LogP contribution in [0.2, 0.25) is 0 Å². The van der Waals surface area contributed by atoms with Crippen molar-refractivity contribution in [2.45, 2.75) is 44.3 Å². The van der Waals surface area contributed by atoms with Crippen molar-refractivity contribution in [3.63, 3.8) is 0 Å². The Morgan fingerprint density at radius 2 is 1.91 bits per heavy atom. The fourth-order valence-corrected chi connectivity index (χ4v) is 1.31. The van der Waals surface area contributed by atoms with Crippen molar-refractivity contribution in [3.05, 3.63) is 6.92 Å². The zero-order valence-corrected chi connectivity index (χ0v) is 7.98. The lowest BCUT2D eigenvalue weighted by molar-refractivity contribution is 0.589. The summed E-state index contributed by atoms with van der Waals surface area (Å²) in [4.78, 5) is 0. The first kappa shape index (κ1) is 11.0. The molecule has 0 rings (SSSR count). The number of hydrogen-bond acceptors (Lipinski definition) is 2. The highest BCUT2D eigenvalue weighted by molar-refractivity contribution is 7.73. The Bertz CT molecular complexity index is 144. The molecular formula is C8H17O2S. The third-order valence-corrected chi connectivity index (χ3v) is 2.54.